The number of ether oxygens (including phenoxy) is 1. The van der Waals surface area contributed by atoms with E-state index in [1.807, 2.05) is 6.07 Å². The van der Waals surface area contributed by atoms with Crippen LogP contribution in [0.1, 0.15) is 23.7 Å². The zero-order valence-corrected chi connectivity index (χ0v) is 20.0. The Hall–Kier alpha value is -4.31. The smallest absolute Gasteiger partial charge is 0.411 e. The molecule has 0 radical (unpaired) electrons. The highest BCUT2D eigenvalue weighted by Crippen LogP contribution is 2.32. The number of carbonyl (C=O) groups excluding carboxylic acids is 2. The minimum atomic E-state index is -0.567. The quantitative estimate of drug-likeness (QED) is 0.425. The van der Waals surface area contributed by atoms with Crippen molar-refractivity contribution in [1.29, 1.82) is 0 Å². The molecule has 5 rings (SSSR count). The van der Waals surface area contributed by atoms with Crippen LogP contribution in [0.3, 0.4) is 0 Å². The van der Waals surface area contributed by atoms with Gasteiger partial charge in [-0.3, -0.25) is 14.9 Å². The highest BCUT2D eigenvalue weighted by molar-refractivity contribution is 6.31. The molecule has 0 spiro atoms. The van der Waals surface area contributed by atoms with Crippen molar-refractivity contribution in [3.8, 4) is 16.8 Å². The minimum absolute atomic E-state index is 0.0468. The maximum absolute atomic E-state index is 13.2. The molecule has 1 aliphatic heterocycles. The maximum atomic E-state index is 13.2. The number of benzene rings is 2. The predicted molar refractivity (Wildman–Crippen MR) is 132 cm³/mol. The number of hydrogen-bond acceptors (Lipinski definition) is 7. The molecule has 36 heavy (non-hydrogen) atoms. The van der Waals surface area contributed by atoms with Crippen molar-refractivity contribution in [3.63, 3.8) is 0 Å². The second-order valence-electron chi connectivity index (χ2n) is 8.37. The molecule has 1 atom stereocenters. The first-order valence-corrected chi connectivity index (χ1v) is 11.6. The SMILES string of the molecule is COC(=O)Nc1ccc(CC(=O)C2CCc3cc(-c4cc(Cl)ccc4-n4cnnn4)cc(=O)n32)cc1. The third-order valence-electron chi connectivity index (χ3n) is 6.13. The first-order chi connectivity index (χ1) is 17.4. The third-order valence-corrected chi connectivity index (χ3v) is 6.37. The van der Waals surface area contributed by atoms with Crippen LogP contribution in [0.4, 0.5) is 10.5 Å². The Morgan fingerprint density at radius 1 is 1.14 bits per heavy atom. The third kappa shape index (κ3) is 4.63. The second-order valence-corrected chi connectivity index (χ2v) is 8.81. The van der Waals surface area contributed by atoms with Gasteiger partial charge in [-0.2, -0.15) is 4.68 Å². The molecule has 0 bridgehead atoms. The number of Topliss-reactive ketones (excluding diaryl/α,β-unsaturated/α-hetero) is 1. The summed E-state index contributed by atoms with van der Waals surface area (Å²) in [6, 6.07) is 15.1. The van der Waals surface area contributed by atoms with Gasteiger partial charge in [0.25, 0.3) is 5.56 Å². The van der Waals surface area contributed by atoms with Crippen LogP contribution in [0.2, 0.25) is 5.02 Å². The molecule has 11 heteroatoms. The fourth-order valence-electron chi connectivity index (χ4n) is 4.46. The van der Waals surface area contributed by atoms with Crippen molar-refractivity contribution < 1.29 is 14.3 Å². The van der Waals surface area contributed by atoms with Crippen LogP contribution in [0.15, 0.2) is 65.7 Å². The second kappa shape index (κ2) is 9.74. The molecule has 2 aromatic heterocycles. The zero-order chi connectivity index (χ0) is 25.2. The van der Waals surface area contributed by atoms with Crippen molar-refractivity contribution in [2.24, 2.45) is 0 Å². The molecule has 0 saturated carbocycles. The van der Waals surface area contributed by atoms with Crippen molar-refractivity contribution in [2.45, 2.75) is 25.3 Å². The molecular formula is C25H21ClN6O4. The molecule has 2 aromatic carbocycles. The number of nitrogens with one attached hydrogen (secondary N) is 1. The molecule has 10 nitrogen and oxygen atoms in total. The molecule has 0 aliphatic carbocycles. The van der Waals surface area contributed by atoms with Crippen LogP contribution in [-0.4, -0.2) is 43.8 Å². The molecule has 1 aliphatic rings. The average Bonchev–Trinajstić information content (AvgIpc) is 3.56. The molecule has 1 N–H and O–H groups in total. The Labute approximate surface area is 210 Å². The maximum Gasteiger partial charge on any atom is 0.411 e. The van der Waals surface area contributed by atoms with Crippen molar-refractivity contribution in [1.82, 2.24) is 24.8 Å². The summed E-state index contributed by atoms with van der Waals surface area (Å²) in [4.78, 5) is 37.7. The Kier molecular flexibility index (Phi) is 6.34. The summed E-state index contributed by atoms with van der Waals surface area (Å²) in [6.45, 7) is 0. The molecule has 0 fully saturated rings. The van der Waals surface area contributed by atoms with E-state index < -0.39 is 12.1 Å². The molecule has 1 amide bonds. The Balaban J connectivity index is 1.40. The van der Waals surface area contributed by atoms with Gasteiger partial charge in [0.05, 0.1) is 18.8 Å². The van der Waals surface area contributed by atoms with Crippen LogP contribution < -0.4 is 10.9 Å². The number of fused-ring (bicyclic) bond motifs is 1. The number of nitrogens with zero attached hydrogens (tertiary/aromatic N) is 5. The van der Waals surface area contributed by atoms with Gasteiger partial charge in [0.1, 0.15) is 6.33 Å². The summed E-state index contributed by atoms with van der Waals surface area (Å²) in [5.41, 5.74) is 3.97. The number of tetrazole rings is 1. The van der Waals surface area contributed by atoms with Gasteiger partial charge in [-0.15, -0.1) is 5.10 Å². The predicted octanol–water partition coefficient (Wildman–Crippen LogP) is 3.62. The lowest BCUT2D eigenvalue weighted by Gasteiger charge is -2.16. The van der Waals surface area contributed by atoms with Gasteiger partial charge >= 0.3 is 6.09 Å². The van der Waals surface area contributed by atoms with Crippen molar-refractivity contribution in [2.75, 3.05) is 12.4 Å². The van der Waals surface area contributed by atoms with Crippen molar-refractivity contribution >= 4 is 29.2 Å². The number of pyridine rings is 1. The van der Waals surface area contributed by atoms with Gasteiger partial charge in [0, 0.05) is 34.5 Å². The monoisotopic (exact) mass is 504 g/mol. The highest BCUT2D eigenvalue weighted by atomic mass is 35.5. The molecular weight excluding hydrogens is 484 g/mol. The van der Waals surface area contributed by atoms with Gasteiger partial charge in [0.15, 0.2) is 5.78 Å². The van der Waals surface area contributed by atoms with E-state index in [9.17, 15) is 14.4 Å². The number of halogens is 1. The lowest BCUT2D eigenvalue weighted by Crippen LogP contribution is -2.28. The van der Waals surface area contributed by atoms with Gasteiger partial charge in [-0.1, -0.05) is 23.7 Å². The van der Waals surface area contributed by atoms with E-state index >= 15 is 0 Å². The standard InChI is InChI=1S/C25H21ClN6O4/c1-36-25(35)28-18-5-2-15(3-6-18)10-23(33)22-9-7-19-11-16(12-24(34)32(19)22)20-13-17(26)4-8-21(20)31-14-27-29-30-31/h2-6,8,11-14,22H,7,9-10H2,1H3,(H,28,35). The summed E-state index contributed by atoms with van der Waals surface area (Å²) >= 11 is 6.25. The number of hydrogen-bond donors (Lipinski definition) is 1. The van der Waals surface area contributed by atoms with Gasteiger partial charge in [-0.05, 0) is 70.8 Å². The van der Waals surface area contributed by atoms with E-state index in [0.717, 1.165) is 11.3 Å². The van der Waals surface area contributed by atoms with E-state index in [4.69, 9.17) is 11.6 Å². The van der Waals surface area contributed by atoms with Crippen LogP contribution >= 0.6 is 11.6 Å². The summed E-state index contributed by atoms with van der Waals surface area (Å²) in [5.74, 6) is -0.0468. The summed E-state index contributed by atoms with van der Waals surface area (Å²) < 4.78 is 7.67. The Morgan fingerprint density at radius 2 is 1.94 bits per heavy atom. The topological polar surface area (TPSA) is 121 Å². The van der Waals surface area contributed by atoms with Crippen LogP contribution in [-0.2, 0) is 22.4 Å². The fraction of sp³-hybridized carbons (Fsp3) is 0.200. The molecule has 3 heterocycles. The molecule has 0 saturated heterocycles. The Bertz CT molecular complexity index is 1500. The van der Waals surface area contributed by atoms with Crippen LogP contribution in [0.5, 0.6) is 0 Å². The molecule has 1 unspecified atom stereocenters. The van der Waals surface area contributed by atoms with Crippen molar-refractivity contribution in [3.05, 3.63) is 87.6 Å². The van der Waals surface area contributed by atoms with E-state index in [0.29, 0.717) is 40.4 Å². The largest absolute Gasteiger partial charge is 0.453 e. The number of methoxy groups -OCH3 is 1. The zero-order valence-electron chi connectivity index (χ0n) is 19.2. The Morgan fingerprint density at radius 3 is 2.67 bits per heavy atom. The first-order valence-electron chi connectivity index (χ1n) is 11.2. The lowest BCUT2D eigenvalue weighted by molar-refractivity contribution is -0.121. The number of rotatable bonds is 6. The van der Waals surface area contributed by atoms with Crippen LogP contribution in [0.25, 0.3) is 16.8 Å². The van der Waals surface area contributed by atoms with E-state index in [-0.39, 0.29) is 17.8 Å². The lowest BCUT2D eigenvalue weighted by atomic mass is 10.0. The average molecular weight is 505 g/mol. The first kappa shape index (κ1) is 23.4. The number of anilines is 1. The number of amides is 1. The minimum Gasteiger partial charge on any atom is -0.453 e. The fourth-order valence-corrected chi connectivity index (χ4v) is 4.63. The number of aryl methyl sites for hydroxylation is 1. The molecule has 4 aromatic rings. The normalized spacial score (nSPS) is 14.3. The number of carbonyl (C=O) groups is 2. The summed E-state index contributed by atoms with van der Waals surface area (Å²) in [5, 5.41) is 14.4. The summed E-state index contributed by atoms with van der Waals surface area (Å²) in [7, 11) is 1.29. The van der Waals surface area contributed by atoms with E-state index in [1.54, 1.807) is 47.0 Å². The highest BCUT2D eigenvalue weighted by Gasteiger charge is 2.29. The van der Waals surface area contributed by atoms with E-state index in [1.165, 1.54) is 24.2 Å². The number of ketones is 1. The van der Waals surface area contributed by atoms with Crippen LogP contribution in [0, 0.1) is 0 Å². The molecule has 182 valence electrons. The van der Waals surface area contributed by atoms with Gasteiger partial charge in [0.2, 0.25) is 0 Å². The van der Waals surface area contributed by atoms with Gasteiger partial charge < -0.3 is 9.30 Å². The van der Waals surface area contributed by atoms with Gasteiger partial charge in [-0.25, -0.2) is 4.79 Å². The summed E-state index contributed by atoms with van der Waals surface area (Å²) in [6.07, 6.45) is 2.23. The van der Waals surface area contributed by atoms with E-state index in [2.05, 4.69) is 25.6 Å². The number of aromatic nitrogens is 5.